The number of nitrogens with one attached hydrogen (secondary N) is 1. The van der Waals surface area contributed by atoms with Crippen LogP contribution in [0.3, 0.4) is 0 Å². The molecule has 2 aromatic heterocycles. The van der Waals surface area contributed by atoms with Crippen LogP contribution in [0.1, 0.15) is 19.4 Å². The lowest BCUT2D eigenvalue weighted by atomic mass is 10.2. The Morgan fingerprint density at radius 1 is 1.13 bits per heavy atom. The number of thioether (sulfide) groups is 1. The quantitative estimate of drug-likeness (QED) is 0.480. The van der Waals surface area contributed by atoms with Crippen LogP contribution in [0.25, 0.3) is 16.7 Å². The molecule has 0 bridgehead atoms. The van der Waals surface area contributed by atoms with Crippen molar-refractivity contribution in [2.45, 2.75) is 32.5 Å². The van der Waals surface area contributed by atoms with Crippen molar-refractivity contribution in [3.05, 3.63) is 64.4 Å². The first-order valence-corrected chi connectivity index (χ1v) is 10.8. The lowest BCUT2D eigenvalue weighted by Gasteiger charge is -2.12. The van der Waals surface area contributed by atoms with Crippen LogP contribution in [0.15, 0.2) is 58.5 Å². The number of amides is 1. The minimum absolute atomic E-state index is 0.0760. The molecule has 0 radical (unpaired) electrons. The van der Waals surface area contributed by atoms with Crippen molar-refractivity contribution in [1.82, 2.24) is 19.2 Å². The number of aromatic nitrogens is 4. The summed E-state index contributed by atoms with van der Waals surface area (Å²) in [4.78, 5) is 25.4. The minimum Gasteiger partial charge on any atom is -0.325 e. The van der Waals surface area contributed by atoms with Crippen LogP contribution >= 0.6 is 11.8 Å². The van der Waals surface area contributed by atoms with Gasteiger partial charge in [0.15, 0.2) is 5.16 Å². The number of anilines is 1. The Bertz CT molecular complexity index is 1290. The Morgan fingerprint density at radius 3 is 2.70 bits per heavy atom. The van der Waals surface area contributed by atoms with E-state index >= 15 is 0 Å². The van der Waals surface area contributed by atoms with Gasteiger partial charge >= 0.3 is 0 Å². The molecule has 0 fully saturated rings. The third-order valence-electron chi connectivity index (χ3n) is 4.66. The zero-order valence-corrected chi connectivity index (χ0v) is 17.9. The zero-order valence-electron chi connectivity index (χ0n) is 17.1. The Morgan fingerprint density at radius 2 is 1.93 bits per heavy atom. The number of fused-ring (bicyclic) bond motifs is 3. The summed E-state index contributed by atoms with van der Waals surface area (Å²) < 4.78 is 3.53. The molecule has 0 aliphatic rings. The highest BCUT2D eigenvalue weighted by Gasteiger charge is 2.18. The molecule has 0 aliphatic heterocycles. The smallest absolute Gasteiger partial charge is 0.262 e. The first-order valence-electron chi connectivity index (χ1n) is 9.80. The van der Waals surface area contributed by atoms with Gasteiger partial charge < -0.3 is 5.32 Å². The van der Waals surface area contributed by atoms with E-state index in [1.807, 2.05) is 59.9 Å². The zero-order chi connectivity index (χ0) is 21.3. The fourth-order valence-electron chi connectivity index (χ4n) is 3.41. The van der Waals surface area contributed by atoms with Crippen molar-refractivity contribution < 1.29 is 4.79 Å². The minimum atomic E-state index is -0.123. The SMILES string of the molecule is Cc1cccc(NC(=O)CSc2nnc3n(CC(C)C)c(=O)c4ccccc4n23)c1. The van der Waals surface area contributed by atoms with Crippen molar-refractivity contribution in [3.63, 3.8) is 0 Å². The van der Waals surface area contributed by atoms with Crippen LogP contribution in [0, 0.1) is 12.8 Å². The summed E-state index contributed by atoms with van der Waals surface area (Å²) in [5.74, 6) is 0.837. The first-order chi connectivity index (χ1) is 14.4. The summed E-state index contributed by atoms with van der Waals surface area (Å²) in [6.45, 7) is 6.64. The van der Waals surface area contributed by atoms with Gasteiger partial charge in [-0.05, 0) is 42.7 Å². The second kappa shape index (κ2) is 8.31. The Labute approximate surface area is 178 Å². The molecule has 0 saturated carbocycles. The maximum atomic E-state index is 13.0. The molecule has 1 amide bonds. The van der Waals surface area contributed by atoms with E-state index in [-0.39, 0.29) is 23.1 Å². The monoisotopic (exact) mass is 421 g/mol. The molecule has 30 heavy (non-hydrogen) atoms. The maximum absolute atomic E-state index is 13.0. The Hall–Kier alpha value is -3.13. The summed E-state index contributed by atoms with van der Waals surface area (Å²) in [6, 6.07) is 15.1. The van der Waals surface area contributed by atoms with E-state index < -0.39 is 0 Å². The highest BCUT2D eigenvalue weighted by atomic mass is 32.2. The standard InChI is InChI=1S/C22H23N5O2S/c1-14(2)12-26-20(29)17-9-4-5-10-18(17)27-21(26)24-25-22(27)30-13-19(28)23-16-8-6-7-15(3)11-16/h4-11,14H,12-13H2,1-3H3,(H,23,28). The summed E-state index contributed by atoms with van der Waals surface area (Å²) >= 11 is 1.30. The molecular formula is C22H23N5O2S. The number of aryl methyl sites for hydroxylation is 1. The van der Waals surface area contributed by atoms with E-state index in [4.69, 9.17) is 0 Å². The van der Waals surface area contributed by atoms with Gasteiger partial charge in [0.1, 0.15) is 0 Å². The van der Waals surface area contributed by atoms with E-state index in [0.717, 1.165) is 16.8 Å². The third kappa shape index (κ3) is 3.95. The number of carbonyl (C=O) groups excluding carboxylic acids is 1. The van der Waals surface area contributed by atoms with E-state index in [0.29, 0.717) is 22.9 Å². The molecule has 0 spiro atoms. The normalized spacial score (nSPS) is 11.5. The van der Waals surface area contributed by atoms with Gasteiger partial charge in [-0.2, -0.15) is 0 Å². The van der Waals surface area contributed by atoms with E-state index in [1.165, 1.54) is 11.8 Å². The molecule has 0 unspecified atom stereocenters. The molecule has 2 aromatic carbocycles. The van der Waals surface area contributed by atoms with E-state index in [2.05, 4.69) is 29.4 Å². The number of para-hydroxylation sites is 1. The molecule has 4 rings (SSSR count). The van der Waals surface area contributed by atoms with Crippen molar-refractivity contribution in [1.29, 1.82) is 0 Å². The van der Waals surface area contributed by atoms with Gasteiger partial charge in [-0.3, -0.25) is 18.6 Å². The number of hydrogen-bond donors (Lipinski definition) is 1. The van der Waals surface area contributed by atoms with E-state index in [1.54, 1.807) is 4.57 Å². The van der Waals surface area contributed by atoms with Gasteiger partial charge in [0.25, 0.3) is 5.56 Å². The third-order valence-corrected chi connectivity index (χ3v) is 5.59. The molecule has 154 valence electrons. The molecule has 1 N–H and O–H groups in total. The van der Waals surface area contributed by atoms with Crippen molar-refractivity contribution in [2.24, 2.45) is 5.92 Å². The second-order valence-corrected chi connectivity index (χ2v) is 8.59. The maximum Gasteiger partial charge on any atom is 0.262 e. The number of nitrogens with zero attached hydrogens (tertiary/aromatic N) is 4. The highest BCUT2D eigenvalue weighted by molar-refractivity contribution is 7.99. The predicted octanol–water partition coefficient (Wildman–Crippen LogP) is 3.74. The first kappa shape index (κ1) is 20.2. The van der Waals surface area contributed by atoms with Crippen LogP contribution < -0.4 is 10.9 Å². The summed E-state index contributed by atoms with van der Waals surface area (Å²) in [5.41, 5.74) is 2.51. The van der Waals surface area contributed by atoms with E-state index in [9.17, 15) is 9.59 Å². The predicted molar refractivity (Wildman–Crippen MR) is 120 cm³/mol. The van der Waals surface area contributed by atoms with Crippen LogP contribution in [0.2, 0.25) is 0 Å². The number of hydrogen-bond acceptors (Lipinski definition) is 5. The van der Waals surface area contributed by atoms with Crippen LogP contribution in [-0.4, -0.2) is 30.8 Å². The topological polar surface area (TPSA) is 81.3 Å². The van der Waals surface area contributed by atoms with Gasteiger partial charge in [0.05, 0.1) is 16.7 Å². The number of benzene rings is 2. The Balaban J connectivity index is 1.67. The summed E-state index contributed by atoms with van der Waals surface area (Å²) in [5, 5.41) is 12.7. The van der Waals surface area contributed by atoms with Gasteiger partial charge in [-0.1, -0.05) is 49.9 Å². The molecule has 7 nitrogen and oxygen atoms in total. The average molecular weight is 422 g/mol. The van der Waals surface area contributed by atoms with Gasteiger partial charge in [0.2, 0.25) is 11.7 Å². The number of carbonyl (C=O) groups is 1. The van der Waals surface area contributed by atoms with Crippen molar-refractivity contribution in [3.8, 4) is 0 Å². The molecule has 0 saturated heterocycles. The molecule has 0 atom stereocenters. The van der Waals surface area contributed by atoms with Gasteiger partial charge in [-0.25, -0.2) is 0 Å². The lowest BCUT2D eigenvalue weighted by Crippen LogP contribution is -2.25. The second-order valence-electron chi connectivity index (χ2n) is 7.65. The Kier molecular flexibility index (Phi) is 5.59. The van der Waals surface area contributed by atoms with Crippen LogP contribution in [0.5, 0.6) is 0 Å². The fraction of sp³-hybridized carbons (Fsp3) is 0.273. The molecule has 2 heterocycles. The van der Waals surface area contributed by atoms with Gasteiger partial charge in [0, 0.05) is 12.2 Å². The summed E-state index contributed by atoms with van der Waals surface area (Å²) in [7, 11) is 0. The average Bonchev–Trinajstić information content (AvgIpc) is 3.13. The molecule has 4 aromatic rings. The summed E-state index contributed by atoms with van der Waals surface area (Å²) in [6.07, 6.45) is 0. The molecule has 0 aliphatic carbocycles. The van der Waals surface area contributed by atoms with Crippen LogP contribution in [0.4, 0.5) is 5.69 Å². The van der Waals surface area contributed by atoms with Crippen LogP contribution in [-0.2, 0) is 11.3 Å². The lowest BCUT2D eigenvalue weighted by molar-refractivity contribution is -0.113. The molecular weight excluding hydrogens is 398 g/mol. The number of rotatable bonds is 6. The van der Waals surface area contributed by atoms with Gasteiger partial charge in [-0.15, -0.1) is 10.2 Å². The fourth-order valence-corrected chi connectivity index (χ4v) is 4.15. The van der Waals surface area contributed by atoms with Crippen molar-refractivity contribution >= 4 is 40.0 Å². The highest BCUT2D eigenvalue weighted by Crippen LogP contribution is 2.22. The largest absolute Gasteiger partial charge is 0.325 e. The van der Waals surface area contributed by atoms with Crippen molar-refractivity contribution in [2.75, 3.05) is 11.1 Å². The molecule has 8 heteroatoms.